The molecule has 9 N–H and O–H groups in total. The maximum atomic E-state index is 12.5. The van der Waals surface area contributed by atoms with Crippen LogP contribution < -0.4 is 0 Å². The Morgan fingerprint density at radius 1 is 0.696 bits per heavy atom. The quantitative estimate of drug-likeness (QED) is 0.183. The van der Waals surface area contributed by atoms with Gasteiger partial charge in [0.2, 0.25) is 0 Å². The van der Waals surface area contributed by atoms with E-state index in [0.717, 1.165) is 0 Å². The molecule has 0 spiro atoms. The van der Waals surface area contributed by atoms with Gasteiger partial charge >= 0.3 is 11.9 Å². The summed E-state index contributed by atoms with van der Waals surface area (Å²) in [4.78, 5) is 24.6. The third-order valence-electron chi connectivity index (χ3n) is 10.1. The molecular weight excluding hydrogens is 728 g/mol. The van der Waals surface area contributed by atoms with E-state index in [1.807, 2.05) is 61.6 Å². The Morgan fingerprint density at radius 2 is 1.21 bits per heavy atom. The predicted octanol–water partition coefficient (Wildman–Crippen LogP) is 2.55. The minimum absolute atomic E-state index is 0.0608. The number of hydrogen-bond donors (Lipinski definition) is 9. The van der Waals surface area contributed by atoms with E-state index in [0.29, 0.717) is 0 Å². The zero-order valence-corrected chi connectivity index (χ0v) is 32.8. The number of carboxylic acids is 1. The van der Waals surface area contributed by atoms with Gasteiger partial charge in [0.15, 0.2) is 5.79 Å². The molecule has 0 saturated carbocycles. The number of carbonyl (C=O) groups is 2. The molecule has 1 saturated heterocycles. The molecule has 0 unspecified atom stereocenters. The van der Waals surface area contributed by atoms with Gasteiger partial charge in [-0.05, 0) is 32.6 Å². The van der Waals surface area contributed by atoms with Crippen molar-refractivity contribution in [2.75, 3.05) is 7.11 Å². The Hall–Kier alpha value is -3.28. The standard InChI is InChI=1S/C42H64O14/c1-27-17-15-13-11-9-7-5-6-8-10-12-14-16-18-33(54-4)24-37-39(41(51)52)36(48)26-42(53,56-37)25-35(47)34(46)20-19-30(43)21-31(44)22-32(45)23-38(49)55-29(3)28(2)40(27)50/h5-18,27-37,39-40,43-48,50,53H,19-26H2,1-4H3,(H,51,52)/b6-5+,9-7+,10-8+,13-11+,14-12+,17-15+,18-16?/t27-,28-,29-,30+,31+,32+,33-,34+,35+,36-,37-,39+,40+,42+/m0/s1. The fourth-order valence-electron chi connectivity index (χ4n) is 6.68. The lowest BCUT2D eigenvalue weighted by Crippen LogP contribution is -2.56. The highest BCUT2D eigenvalue weighted by Gasteiger charge is 2.50. The van der Waals surface area contributed by atoms with Gasteiger partial charge in [-0.15, -0.1) is 0 Å². The first kappa shape index (κ1) is 48.9. The van der Waals surface area contributed by atoms with Crippen molar-refractivity contribution in [3.05, 3.63) is 85.1 Å². The minimum Gasteiger partial charge on any atom is -0.481 e. The van der Waals surface area contributed by atoms with Gasteiger partial charge in [-0.2, -0.15) is 0 Å². The Morgan fingerprint density at radius 3 is 1.77 bits per heavy atom. The van der Waals surface area contributed by atoms with Gasteiger partial charge in [0.1, 0.15) is 12.0 Å². The molecule has 14 heteroatoms. The highest BCUT2D eigenvalue weighted by molar-refractivity contribution is 5.71. The number of hydrogen-bond acceptors (Lipinski definition) is 13. The fourth-order valence-corrected chi connectivity index (χ4v) is 6.68. The maximum absolute atomic E-state index is 12.5. The minimum atomic E-state index is -2.20. The van der Waals surface area contributed by atoms with Gasteiger partial charge < -0.3 is 60.2 Å². The second-order valence-electron chi connectivity index (χ2n) is 14.9. The van der Waals surface area contributed by atoms with Crippen LogP contribution in [0.25, 0.3) is 0 Å². The van der Waals surface area contributed by atoms with E-state index in [-0.39, 0.29) is 38.0 Å². The van der Waals surface area contributed by atoms with Gasteiger partial charge in [0.25, 0.3) is 0 Å². The summed E-state index contributed by atoms with van der Waals surface area (Å²) in [5.74, 6) is -6.34. The monoisotopic (exact) mass is 792 g/mol. The number of methoxy groups -OCH3 is 1. The smallest absolute Gasteiger partial charge is 0.311 e. The summed E-state index contributed by atoms with van der Waals surface area (Å²) < 4.78 is 16.7. The number of allylic oxidation sites excluding steroid dienone is 12. The van der Waals surface area contributed by atoms with Crippen LogP contribution in [0.2, 0.25) is 0 Å². The average molecular weight is 793 g/mol. The molecule has 2 aliphatic rings. The molecule has 2 aliphatic heterocycles. The van der Waals surface area contributed by atoms with Crippen LogP contribution in [0.1, 0.15) is 72.1 Å². The summed E-state index contributed by atoms with van der Waals surface area (Å²) >= 11 is 0. The van der Waals surface area contributed by atoms with Crippen molar-refractivity contribution in [3.8, 4) is 0 Å². The number of carboxylic acid groups (broad SMARTS) is 1. The number of aliphatic hydroxyl groups excluding tert-OH is 7. The third-order valence-corrected chi connectivity index (χ3v) is 10.1. The molecule has 0 amide bonds. The lowest BCUT2D eigenvalue weighted by Gasteiger charge is -2.44. The van der Waals surface area contributed by atoms with Gasteiger partial charge in [-0.25, -0.2) is 0 Å². The van der Waals surface area contributed by atoms with E-state index in [9.17, 15) is 55.5 Å². The highest BCUT2D eigenvalue weighted by Crippen LogP contribution is 2.37. The van der Waals surface area contributed by atoms with Crippen molar-refractivity contribution < 1.29 is 69.8 Å². The Labute approximate surface area is 330 Å². The molecular formula is C42H64O14. The Kier molecular flexibility index (Phi) is 22.0. The van der Waals surface area contributed by atoms with Crippen molar-refractivity contribution in [1.29, 1.82) is 0 Å². The van der Waals surface area contributed by atoms with E-state index >= 15 is 0 Å². The van der Waals surface area contributed by atoms with Crippen molar-refractivity contribution in [1.82, 2.24) is 0 Å². The Balaban J connectivity index is 2.21. The second-order valence-corrected chi connectivity index (χ2v) is 14.9. The molecule has 0 aliphatic carbocycles. The predicted molar refractivity (Wildman–Crippen MR) is 209 cm³/mol. The molecule has 2 heterocycles. The summed E-state index contributed by atoms with van der Waals surface area (Å²) in [5, 5.41) is 95.5. The number of cyclic esters (lactones) is 1. The SMILES string of the molecule is CO[C@H]1C=C/C=C/C=C/C=C/C=C/C=C/C=C/[C@H](C)[C@@H](O)[C@@H](C)[C@H](C)OC(=O)C[C@H](O)C[C@H](O)C[C@H](O)CC[C@@H](O)[C@H](O)C[C@]2(O)C[C@H](O)[C@@H](C(=O)O)[C@H](C1)O2. The molecule has 2 rings (SSSR count). The van der Waals surface area contributed by atoms with Gasteiger partial charge in [-0.3, -0.25) is 9.59 Å². The number of aliphatic hydroxyl groups is 8. The van der Waals surface area contributed by atoms with E-state index in [1.54, 1.807) is 44.2 Å². The molecule has 0 radical (unpaired) electrons. The van der Waals surface area contributed by atoms with Crippen LogP contribution in [-0.2, 0) is 23.8 Å². The second kappa shape index (κ2) is 25.2. The maximum Gasteiger partial charge on any atom is 0.311 e. The summed E-state index contributed by atoms with van der Waals surface area (Å²) in [7, 11) is 1.42. The molecule has 0 aromatic carbocycles. The zero-order valence-electron chi connectivity index (χ0n) is 32.8. The molecule has 0 aromatic heterocycles. The zero-order chi connectivity index (χ0) is 41.8. The van der Waals surface area contributed by atoms with E-state index < -0.39 is 110 Å². The molecule has 316 valence electrons. The Bertz CT molecular complexity index is 1390. The number of fused-ring (bicyclic) bond motifs is 2. The van der Waals surface area contributed by atoms with E-state index in [1.165, 1.54) is 7.11 Å². The van der Waals surface area contributed by atoms with Crippen molar-refractivity contribution in [2.45, 2.75) is 139 Å². The third kappa shape index (κ3) is 17.9. The first-order valence-corrected chi connectivity index (χ1v) is 19.3. The average Bonchev–Trinajstić information content (AvgIpc) is 3.11. The van der Waals surface area contributed by atoms with Gasteiger partial charge in [-0.1, -0.05) is 98.9 Å². The summed E-state index contributed by atoms with van der Waals surface area (Å²) in [6, 6.07) is 0. The molecule has 0 aromatic rings. The van der Waals surface area contributed by atoms with Crippen LogP contribution in [0.5, 0.6) is 0 Å². The molecule has 14 nitrogen and oxygen atoms in total. The first-order valence-electron chi connectivity index (χ1n) is 19.3. The van der Waals surface area contributed by atoms with Gasteiger partial charge in [0, 0.05) is 38.2 Å². The van der Waals surface area contributed by atoms with Crippen molar-refractivity contribution in [3.63, 3.8) is 0 Å². The van der Waals surface area contributed by atoms with Crippen molar-refractivity contribution >= 4 is 11.9 Å². The van der Waals surface area contributed by atoms with Crippen LogP contribution >= 0.6 is 0 Å². The normalized spacial score (nSPS) is 42.0. The summed E-state index contributed by atoms with van der Waals surface area (Å²) in [5.41, 5.74) is 0. The number of rotatable bonds is 2. The lowest BCUT2D eigenvalue weighted by molar-refractivity contribution is -0.302. The van der Waals surface area contributed by atoms with Crippen LogP contribution in [0.4, 0.5) is 0 Å². The first-order chi connectivity index (χ1) is 26.5. The van der Waals surface area contributed by atoms with Gasteiger partial charge in [0.05, 0.1) is 61.4 Å². The van der Waals surface area contributed by atoms with E-state index in [2.05, 4.69) is 0 Å². The molecule has 14 atom stereocenters. The largest absolute Gasteiger partial charge is 0.481 e. The molecule has 1 fully saturated rings. The topological polar surface area (TPSA) is 244 Å². The van der Waals surface area contributed by atoms with Crippen LogP contribution in [0.15, 0.2) is 85.1 Å². The summed E-state index contributed by atoms with van der Waals surface area (Å²) in [6.07, 6.45) is 11.2. The lowest BCUT2D eigenvalue weighted by atomic mass is 9.82. The van der Waals surface area contributed by atoms with Crippen LogP contribution in [0, 0.1) is 17.8 Å². The molecule has 56 heavy (non-hydrogen) atoms. The fraction of sp³-hybridized carbons (Fsp3) is 0.619. The van der Waals surface area contributed by atoms with Crippen LogP contribution in [0.3, 0.4) is 0 Å². The van der Waals surface area contributed by atoms with Crippen LogP contribution in [-0.4, -0.2) is 132 Å². The number of aliphatic carboxylic acids is 1. The molecule has 2 bridgehead atoms. The van der Waals surface area contributed by atoms with Crippen molar-refractivity contribution in [2.24, 2.45) is 17.8 Å². The highest BCUT2D eigenvalue weighted by atomic mass is 16.6. The number of carbonyl (C=O) groups excluding carboxylic acids is 1. The number of esters is 1. The number of ether oxygens (including phenoxy) is 3. The van der Waals surface area contributed by atoms with E-state index in [4.69, 9.17) is 14.2 Å². The summed E-state index contributed by atoms with van der Waals surface area (Å²) in [6.45, 7) is 5.25.